The first-order valence-electron chi connectivity index (χ1n) is 18.6. The third-order valence-corrected chi connectivity index (χ3v) is 8.84. The van der Waals surface area contributed by atoms with E-state index >= 15 is 0 Å². The highest BCUT2D eigenvalue weighted by Crippen LogP contribution is 2.43. The van der Waals surface area contributed by atoms with Crippen LogP contribution in [-0.4, -0.2) is 65.7 Å². The molecule has 0 radical (unpaired) electrons. The second kappa shape index (κ2) is 33.2. The highest BCUT2D eigenvalue weighted by molar-refractivity contribution is 7.47. The highest BCUT2D eigenvalue weighted by atomic mass is 31.2. The molecule has 0 amide bonds. The first-order valence-corrected chi connectivity index (χ1v) is 20.1. The number of phosphoric ester groups is 1. The van der Waals surface area contributed by atoms with Crippen molar-refractivity contribution in [3.05, 3.63) is 12.2 Å². The molecule has 0 heterocycles. The zero-order valence-electron chi connectivity index (χ0n) is 29.8. The molecule has 3 N–H and O–H groups in total. The predicted octanol–water partition coefficient (Wildman–Crippen LogP) is 8.89. The molecule has 278 valence electrons. The van der Waals surface area contributed by atoms with E-state index in [0.29, 0.717) is 12.8 Å². The van der Waals surface area contributed by atoms with Crippen LogP contribution in [0.2, 0.25) is 0 Å². The summed E-state index contributed by atoms with van der Waals surface area (Å²) in [7, 11) is -4.58. The predicted molar refractivity (Wildman–Crippen MR) is 187 cm³/mol. The smallest absolute Gasteiger partial charge is 0.462 e. The quantitative estimate of drug-likeness (QED) is 0.0254. The minimum atomic E-state index is -4.58. The van der Waals surface area contributed by atoms with Crippen LogP contribution in [0.4, 0.5) is 0 Å². The summed E-state index contributed by atoms with van der Waals surface area (Å²) in [5, 5.41) is 18.1. The second-order valence-electron chi connectivity index (χ2n) is 12.6. The van der Waals surface area contributed by atoms with Crippen molar-refractivity contribution in [2.45, 2.75) is 180 Å². The van der Waals surface area contributed by atoms with Crippen LogP contribution >= 0.6 is 7.82 Å². The van der Waals surface area contributed by atoms with Crippen molar-refractivity contribution in [2.24, 2.45) is 0 Å². The number of unbranched alkanes of at least 4 members (excludes halogenated alkanes) is 19. The SMILES string of the molecule is CCCCCCCCCC/C=C\CCCCCCCCCCCCCC(=O)OC(COC(=O)CCC)COP(=O)(O)OCC(O)CO. The Morgan fingerprint density at radius 1 is 0.617 bits per heavy atom. The van der Waals surface area contributed by atoms with E-state index < -0.39 is 51.8 Å². The number of esters is 2. The Balaban J connectivity index is 3.87. The monoisotopic (exact) mass is 692 g/mol. The molecule has 0 aliphatic carbocycles. The van der Waals surface area contributed by atoms with Gasteiger partial charge in [0.1, 0.15) is 12.7 Å². The van der Waals surface area contributed by atoms with Gasteiger partial charge in [0.2, 0.25) is 0 Å². The number of carbonyl (C=O) groups is 2. The maximum absolute atomic E-state index is 12.4. The standard InChI is InChI=1S/C36H69O10P/c1-3-5-6-7-8-9-10-11-12-13-14-15-16-17-18-19-20-21-22-23-24-25-26-28-36(40)46-34(31-43-35(39)27-4-2)32-45-47(41,42)44-30-33(38)29-37/h13-14,33-34,37-38H,3-12,15-32H2,1-2H3,(H,41,42)/b14-13-. The van der Waals surface area contributed by atoms with Gasteiger partial charge in [-0.2, -0.15) is 0 Å². The maximum atomic E-state index is 12.4. The molecule has 11 heteroatoms. The van der Waals surface area contributed by atoms with Crippen LogP contribution in [-0.2, 0) is 32.7 Å². The molecule has 0 rings (SSSR count). The number of rotatable bonds is 35. The Hall–Kier alpha value is -1.29. The summed E-state index contributed by atoms with van der Waals surface area (Å²) in [6.07, 6.45) is 29.5. The molecule has 0 aromatic rings. The maximum Gasteiger partial charge on any atom is 0.472 e. The number of aliphatic hydroxyl groups is 2. The lowest BCUT2D eigenvalue weighted by Gasteiger charge is -2.20. The molecule has 0 saturated carbocycles. The van der Waals surface area contributed by atoms with Crippen LogP contribution in [0.5, 0.6) is 0 Å². The van der Waals surface area contributed by atoms with E-state index in [-0.39, 0.29) is 19.4 Å². The molecule has 3 atom stereocenters. The van der Waals surface area contributed by atoms with Gasteiger partial charge in [0.05, 0.1) is 19.8 Å². The van der Waals surface area contributed by atoms with Gasteiger partial charge in [-0.15, -0.1) is 0 Å². The van der Waals surface area contributed by atoms with Crippen LogP contribution in [0.15, 0.2) is 12.2 Å². The Morgan fingerprint density at radius 3 is 1.57 bits per heavy atom. The molecule has 10 nitrogen and oxygen atoms in total. The average Bonchev–Trinajstić information content (AvgIpc) is 3.05. The van der Waals surface area contributed by atoms with Crippen LogP contribution in [0.1, 0.15) is 168 Å². The zero-order chi connectivity index (χ0) is 34.9. The van der Waals surface area contributed by atoms with Crippen molar-refractivity contribution in [2.75, 3.05) is 26.4 Å². The van der Waals surface area contributed by atoms with E-state index in [1.165, 1.54) is 109 Å². The Kier molecular flexibility index (Phi) is 32.3. The molecular weight excluding hydrogens is 623 g/mol. The van der Waals surface area contributed by atoms with Crippen molar-refractivity contribution in [1.82, 2.24) is 0 Å². The number of aliphatic hydroxyl groups excluding tert-OH is 2. The van der Waals surface area contributed by atoms with Crippen molar-refractivity contribution in [1.29, 1.82) is 0 Å². The summed E-state index contributed by atoms with van der Waals surface area (Å²) in [5.41, 5.74) is 0. The van der Waals surface area contributed by atoms with E-state index in [1.807, 2.05) is 6.92 Å². The third-order valence-electron chi connectivity index (χ3n) is 7.89. The summed E-state index contributed by atoms with van der Waals surface area (Å²) >= 11 is 0. The van der Waals surface area contributed by atoms with Gasteiger partial charge in [-0.25, -0.2) is 4.57 Å². The minimum Gasteiger partial charge on any atom is -0.462 e. The van der Waals surface area contributed by atoms with E-state index in [0.717, 1.165) is 19.3 Å². The van der Waals surface area contributed by atoms with Crippen LogP contribution in [0.25, 0.3) is 0 Å². The summed E-state index contributed by atoms with van der Waals surface area (Å²) in [6, 6.07) is 0. The van der Waals surface area contributed by atoms with Crippen molar-refractivity contribution < 1.29 is 47.8 Å². The molecule has 0 aliphatic rings. The van der Waals surface area contributed by atoms with Crippen LogP contribution in [0.3, 0.4) is 0 Å². The fourth-order valence-electron chi connectivity index (χ4n) is 5.02. The first kappa shape index (κ1) is 45.7. The number of hydrogen-bond acceptors (Lipinski definition) is 9. The van der Waals surface area contributed by atoms with E-state index in [1.54, 1.807) is 0 Å². The topological polar surface area (TPSA) is 149 Å². The largest absolute Gasteiger partial charge is 0.472 e. The van der Waals surface area contributed by atoms with Gasteiger partial charge in [0, 0.05) is 12.8 Å². The highest BCUT2D eigenvalue weighted by Gasteiger charge is 2.27. The van der Waals surface area contributed by atoms with Crippen LogP contribution in [0, 0.1) is 0 Å². The van der Waals surface area contributed by atoms with Gasteiger partial charge in [0.25, 0.3) is 0 Å². The minimum absolute atomic E-state index is 0.184. The molecule has 0 aromatic carbocycles. The van der Waals surface area contributed by atoms with Crippen molar-refractivity contribution >= 4 is 19.8 Å². The Bertz CT molecular complexity index is 807. The lowest BCUT2D eigenvalue weighted by Crippen LogP contribution is -2.29. The fraction of sp³-hybridized carbons (Fsp3) is 0.889. The number of phosphoric acid groups is 1. The molecular formula is C36H69O10P. The van der Waals surface area contributed by atoms with E-state index in [2.05, 4.69) is 23.6 Å². The molecule has 0 aliphatic heterocycles. The van der Waals surface area contributed by atoms with E-state index in [4.69, 9.17) is 19.1 Å². The summed E-state index contributed by atoms with van der Waals surface area (Å²) in [5.74, 6) is -0.983. The lowest BCUT2D eigenvalue weighted by molar-refractivity contribution is -0.161. The molecule has 47 heavy (non-hydrogen) atoms. The van der Waals surface area contributed by atoms with Crippen molar-refractivity contribution in [3.8, 4) is 0 Å². The molecule has 0 fully saturated rings. The average molecular weight is 693 g/mol. The van der Waals surface area contributed by atoms with Gasteiger partial charge in [-0.1, -0.05) is 129 Å². The Morgan fingerprint density at radius 2 is 1.09 bits per heavy atom. The first-order chi connectivity index (χ1) is 22.7. The third kappa shape index (κ3) is 33.0. The van der Waals surface area contributed by atoms with Gasteiger partial charge in [0.15, 0.2) is 6.10 Å². The van der Waals surface area contributed by atoms with Gasteiger partial charge >= 0.3 is 19.8 Å². The molecule has 3 unspecified atom stereocenters. The molecule has 0 bridgehead atoms. The number of hydrogen-bond donors (Lipinski definition) is 3. The zero-order valence-corrected chi connectivity index (χ0v) is 30.6. The number of ether oxygens (including phenoxy) is 2. The summed E-state index contributed by atoms with van der Waals surface area (Å²) in [6.45, 7) is 1.97. The molecule has 0 aromatic heterocycles. The molecule has 0 spiro atoms. The lowest BCUT2D eigenvalue weighted by atomic mass is 10.0. The number of allylic oxidation sites excluding steroid dienone is 2. The summed E-state index contributed by atoms with van der Waals surface area (Å²) < 4.78 is 31.9. The Labute approximate surface area is 286 Å². The van der Waals surface area contributed by atoms with Gasteiger partial charge < -0.3 is 24.6 Å². The summed E-state index contributed by atoms with van der Waals surface area (Å²) in [4.78, 5) is 33.9. The van der Waals surface area contributed by atoms with Gasteiger partial charge in [-0.05, 0) is 38.5 Å². The number of carbonyl (C=O) groups excluding carboxylic acids is 2. The van der Waals surface area contributed by atoms with Crippen molar-refractivity contribution in [3.63, 3.8) is 0 Å². The normalized spacial score (nSPS) is 14.2. The second-order valence-corrected chi connectivity index (χ2v) is 14.1. The molecule has 0 saturated heterocycles. The van der Waals surface area contributed by atoms with Gasteiger partial charge in [-0.3, -0.25) is 18.6 Å². The van der Waals surface area contributed by atoms with E-state index in [9.17, 15) is 24.2 Å². The van der Waals surface area contributed by atoms with Crippen LogP contribution < -0.4 is 0 Å². The fourth-order valence-corrected chi connectivity index (χ4v) is 5.81.